The van der Waals surface area contributed by atoms with Gasteiger partial charge in [-0.2, -0.15) is 0 Å². The lowest BCUT2D eigenvalue weighted by Gasteiger charge is -2.03. The van der Waals surface area contributed by atoms with Crippen molar-refractivity contribution < 1.29 is 23.1 Å². The Balaban J connectivity index is 1.66. The van der Waals surface area contributed by atoms with Crippen molar-refractivity contribution in [3.8, 4) is 0 Å². The predicted molar refractivity (Wildman–Crippen MR) is 97.0 cm³/mol. The lowest BCUT2D eigenvalue weighted by molar-refractivity contribution is 0.0600. The number of anilines is 1. The van der Waals surface area contributed by atoms with Crippen molar-refractivity contribution in [3.63, 3.8) is 0 Å². The topological polar surface area (TPSA) is 68.3 Å². The Bertz CT molecular complexity index is 987. The van der Waals surface area contributed by atoms with Crippen molar-refractivity contribution >= 4 is 28.3 Å². The van der Waals surface area contributed by atoms with Crippen LogP contribution in [0.3, 0.4) is 0 Å². The maximum absolute atomic E-state index is 13.7. The van der Waals surface area contributed by atoms with Crippen LogP contribution in [-0.4, -0.2) is 24.0 Å². The zero-order valence-electron chi connectivity index (χ0n) is 14.2. The Hall–Kier alpha value is -3.13. The molecule has 1 amide bonds. The molecule has 138 valence electrons. The van der Waals surface area contributed by atoms with Crippen molar-refractivity contribution in [3.05, 3.63) is 81.9 Å². The minimum Gasteiger partial charge on any atom is -0.465 e. The second kappa shape index (κ2) is 8.05. The molecule has 8 heteroatoms. The van der Waals surface area contributed by atoms with Crippen LogP contribution in [0.5, 0.6) is 0 Å². The molecule has 3 aromatic rings. The zero-order chi connectivity index (χ0) is 19.4. The Morgan fingerprint density at radius 2 is 1.81 bits per heavy atom. The van der Waals surface area contributed by atoms with E-state index in [-0.39, 0.29) is 12.3 Å². The number of amides is 1. The third-order valence-electron chi connectivity index (χ3n) is 3.72. The molecule has 0 aliphatic carbocycles. The van der Waals surface area contributed by atoms with E-state index in [0.29, 0.717) is 21.8 Å². The number of nitrogens with one attached hydrogen (secondary N) is 1. The highest BCUT2D eigenvalue weighted by Gasteiger charge is 2.12. The lowest BCUT2D eigenvalue weighted by Crippen LogP contribution is -2.12. The highest BCUT2D eigenvalue weighted by molar-refractivity contribution is 7.15. The number of thiazole rings is 1. The van der Waals surface area contributed by atoms with Gasteiger partial charge < -0.3 is 4.74 Å². The van der Waals surface area contributed by atoms with Gasteiger partial charge in [-0.15, -0.1) is 11.3 Å². The summed E-state index contributed by atoms with van der Waals surface area (Å²) in [5.74, 6) is -2.13. The number of carbonyl (C=O) groups is 2. The fourth-order valence-corrected chi connectivity index (χ4v) is 3.18. The standard InChI is InChI=1S/C19H14F2N2O3S/c1-26-18(25)12-4-2-11(3-5-12)17(24)23-19-22-10-15(27-19)8-13-6-7-14(20)9-16(13)21/h2-7,9-10H,8H2,1H3,(H,22,23,24). The summed E-state index contributed by atoms with van der Waals surface area (Å²) in [6.07, 6.45) is 1.77. The van der Waals surface area contributed by atoms with Gasteiger partial charge in [0, 0.05) is 29.1 Å². The molecule has 1 heterocycles. The molecule has 0 bridgehead atoms. The van der Waals surface area contributed by atoms with Crippen LogP contribution in [0.25, 0.3) is 0 Å². The summed E-state index contributed by atoms with van der Waals surface area (Å²) >= 11 is 1.20. The van der Waals surface area contributed by atoms with Crippen LogP contribution >= 0.6 is 11.3 Å². The predicted octanol–water partition coefficient (Wildman–Crippen LogP) is 4.05. The van der Waals surface area contributed by atoms with E-state index in [0.717, 1.165) is 10.9 Å². The molecule has 27 heavy (non-hydrogen) atoms. The number of esters is 1. The molecule has 0 spiro atoms. The number of halogens is 2. The van der Waals surface area contributed by atoms with Crippen LogP contribution in [-0.2, 0) is 11.2 Å². The molecular formula is C19H14F2N2O3S. The van der Waals surface area contributed by atoms with E-state index in [9.17, 15) is 18.4 Å². The molecule has 0 saturated heterocycles. The number of nitrogens with zero attached hydrogens (tertiary/aromatic N) is 1. The van der Waals surface area contributed by atoms with Crippen molar-refractivity contribution in [1.29, 1.82) is 0 Å². The molecule has 0 fully saturated rings. The van der Waals surface area contributed by atoms with Gasteiger partial charge >= 0.3 is 5.97 Å². The second-order valence-corrected chi connectivity index (χ2v) is 6.68. The first kappa shape index (κ1) is 18.7. The molecule has 0 radical (unpaired) electrons. The van der Waals surface area contributed by atoms with Crippen LogP contribution in [0.4, 0.5) is 13.9 Å². The fourth-order valence-electron chi connectivity index (χ4n) is 2.34. The number of carbonyl (C=O) groups excluding carboxylic acids is 2. The van der Waals surface area contributed by atoms with Gasteiger partial charge in [0.25, 0.3) is 5.91 Å². The van der Waals surface area contributed by atoms with E-state index in [4.69, 9.17) is 0 Å². The number of hydrogen-bond donors (Lipinski definition) is 1. The van der Waals surface area contributed by atoms with Crippen molar-refractivity contribution in [1.82, 2.24) is 4.98 Å². The van der Waals surface area contributed by atoms with Crippen LogP contribution in [0.2, 0.25) is 0 Å². The van der Waals surface area contributed by atoms with Gasteiger partial charge in [0.05, 0.1) is 12.7 Å². The quantitative estimate of drug-likeness (QED) is 0.670. The number of aromatic nitrogens is 1. The minimum atomic E-state index is -0.633. The van der Waals surface area contributed by atoms with Gasteiger partial charge in [0.2, 0.25) is 0 Å². The monoisotopic (exact) mass is 388 g/mol. The van der Waals surface area contributed by atoms with Gasteiger partial charge in [-0.25, -0.2) is 18.6 Å². The van der Waals surface area contributed by atoms with Crippen molar-refractivity contribution in [2.75, 3.05) is 12.4 Å². The first-order chi connectivity index (χ1) is 13.0. The van der Waals surface area contributed by atoms with Gasteiger partial charge in [-0.05, 0) is 35.9 Å². The summed E-state index contributed by atoms with van der Waals surface area (Å²) in [7, 11) is 1.28. The molecule has 3 rings (SSSR count). The minimum absolute atomic E-state index is 0.244. The lowest BCUT2D eigenvalue weighted by atomic mass is 10.1. The van der Waals surface area contributed by atoms with Gasteiger partial charge in [-0.1, -0.05) is 6.07 Å². The maximum atomic E-state index is 13.7. The summed E-state index contributed by atoms with van der Waals surface area (Å²) < 4.78 is 31.3. The van der Waals surface area contributed by atoms with E-state index in [2.05, 4.69) is 15.0 Å². The largest absolute Gasteiger partial charge is 0.465 e. The van der Waals surface area contributed by atoms with E-state index >= 15 is 0 Å². The van der Waals surface area contributed by atoms with Crippen LogP contribution in [0.15, 0.2) is 48.7 Å². The molecule has 0 atom stereocenters. The SMILES string of the molecule is COC(=O)c1ccc(C(=O)Nc2ncc(Cc3ccc(F)cc3F)s2)cc1. The average Bonchev–Trinajstić information content (AvgIpc) is 3.10. The molecule has 1 aromatic heterocycles. The molecule has 0 unspecified atom stereocenters. The van der Waals surface area contributed by atoms with Crippen molar-refractivity contribution in [2.45, 2.75) is 6.42 Å². The van der Waals surface area contributed by atoms with E-state index in [1.807, 2.05) is 0 Å². The molecular weight excluding hydrogens is 374 g/mol. The fraction of sp³-hybridized carbons (Fsp3) is 0.105. The summed E-state index contributed by atoms with van der Waals surface area (Å²) in [6, 6.07) is 9.40. The number of ether oxygens (including phenoxy) is 1. The number of hydrogen-bond acceptors (Lipinski definition) is 5. The first-order valence-electron chi connectivity index (χ1n) is 7.84. The highest BCUT2D eigenvalue weighted by Crippen LogP contribution is 2.23. The van der Waals surface area contributed by atoms with Gasteiger partial charge in [0.1, 0.15) is 11.6 Å². The smallest absolute Gasteiger partial charge is 0.337 e. The second-order valence-electron chi connectivity index (χ2n) is 5.57. The molecule has 5 nitrogen and oxygen atoms in total. The van der Waals surface area contributed by atoms with E-state index in [1.54, 1.807) is 0 Å². The van der Waals surface area contributed by atoms with E-state index < -0.39 is 17.6 Å². The van der Waals surface area contributed by atoms with Crippen LogP contribution in [0, 0.1) is 11.6 Å². The average molecular weight is 388 g/mol. The summed E-state index contributed by atoms with van der Waals surface area (Å²) in [5, 5.41) is 3.01. The molecule has 0 saturated carbocycles. The summed E-state index contributed by atoms with van der Waals surface area (Å²) in [6.45, 7) is 0. The third kappa shape index (κ3) is 4.53. The Morgan fingerprint density at radius 3 is 2.48 bits per heavy atom. The van der Waals surface area contributed by atoms with E-state index in [1.165, 1.54) is 61.0 Å². The summed E-state index contributed by atoms with van der Waals surface area (Å²) in [4.78, 5) is 28.5. The molecule has 0 aliphatic heterocycles. The third-order valence-corrected chi connectivity index (χ3v) is 4.63. The first-order valence-corrected chi connectivity index (χ1v) is 8.66. The normalized spacial score (nSPS) is 10.5. The molecule has 2 aromatic carbocycles. The summed E-state index contributed by atoms with van der Waals surface area (Å²) in [5.41, 5.74) is 1.03. The molecule has 1 N–H and O–H groups in total. The zero-order valence-corrected chi connectivity index (χ0v) is 15.0. The Morgan fingerprint density at radius 1 is 1.11 bits per heavy atom. The highest BCUT2D eigenvalue weighted by atomic mass is 32.1. The van der Waals surface area contributed by atoms with Gasteiger partial charge in [-0.3, -0.25) is 10.1 Å². The molecule has 0 aliphatic rings. The van der Waals surface area contributed by atoms with Crippen LogP contribution in [0.1, 0.15) is 31.2 Å². The number of rotatable bonds is 5. The van der Waals surface area contributed by atoms with Crippen LogP contribution < -0.4 is 5.32 Å². The Kier molecular flexibility index (Phi) is 5.56. The maximum Gasteiger partial charge on any atom is 0.337 e. The van der Waals surface area contributed by atoms with Gasteiger partial charge in [0.15, 0.2) is 5.13 Å². The number of methoxy groups -OCH3 is 1. The number of benzene rings is 2. The van der Waals surface area contributed by atoms with Crippen molar-refractivity contribution in [2.24, 2.45) is 0 Å². The Labute approximate surface area is 157 Å².